The average Bonchev–Trinajstić information content (AvgIpc) is 3.10. The van der Waals surface area contributed by atoms with Gasteiger partial charge in [-0.3, -0.25) is 0 Å². The van der Waals surface area contributed by atoms with Crippen LogP contribution in [0.1, 0.15) is 37.7 Å². The van der Waals surface area contributed by atoms with Crippen molar-refractivity contribution < 1.29 is 0 Å². The van der Waals surface area contributed by atoms with E-state index in [9.17, 15) is 0 Å². The van der Waals surface area contributed by atoms with Crippen LogP contribution in [-0.2, 0) is 6.54 Å². The molecule has 0 heterocycles. The maximum absolute atomic E-state index is 6.29. The van der Waals surface area contributed by atoms with E-state index in [1.54, 1.807) is 0 Å². The molecule has 1 aromatic carbocycles. The zero-order valence-electron chi connectivity index (χ0n) is 11.6. The Kier molecular flexibility index (Phi) is 3.60. The lowest BCUT2D eigenvalue weighted by atomic mass is 9.79. The molecule has 5 unspecified atom stereocenters. The fourth-order valence-electron chi connectivity index (χ4n) is 5.22. The molecule has 1 aromatic rings. The lowest BCUT2D eigenvalue weighted by Gasteiger charge is -2.32. The van der Waals surface area contributed by atoms with Crippen LogP contribution >= 0.6 is 27.5 Å². The molecule has 0 saturated heterocycles. The summed E-state index contributed by atoms with van der Waals surface area (Å²) in [5.41, 5.74) is 1.21. The molecule has 3 fully saturated rings. The van der Waals surface area contributed by atoms with Gasteiger partial charge in [0.2, 0.25) is 0 Å². The highest BCUT2D eigenvalue weighted by Gasteiger charge is 2.53. The summed E-state index contributed by atoms with van der Waals surface area (Å²) in [5.74, 6) is 4.07. The first-order valence-electron chi connectivity index (χ1n) is 7.89. The van der Waals surface area contributed by atoms with Crippen LogP contribution in [0.25, 0.3) is 0 Å². The zero-order chi connectivity index (χ0) is 13.7. The van der Waals surface area contributed by atoms with E-state index >= 15 is 0 Å². The van der Waals surface area contributed by atoms with Gasteiger partial charge >= 0.3 is 0 Å². The molecule has 2 bridgehead atoms. The molecule has 3 aliphatic carbocycles. The third kappa shape index (κ3) is 2.24. The number of fused-ring (bicyclic) bond motifs is 5. The Bertz CT molecular complexity index is 518. The summed E-state index contributed by atoms with van der Waals surface area (Å²) in [7, 11) is 0. The summed E-state index contributed by atoms with van der Waals surface area (Å²) >= 11 is 9.82. The van der Waals surface area contributed by atoms with Crippen molar-refractivity contribution in [3.05, 3.63) is 33.3 Å². The molecule has 108 valence electrons. The van der Waals surface area contributed by atoms with Crippen molar-refractivity contribution in [1.82, 2.24) is 5.32 Å². The highest BCUT2D eigenvalue weighted by Crippen LogP contribution is 2.58. The summed E-state index contributed by atoms with van der Waals surface area (Å²) in [6, 6.07) is 6.86. The van der Waals surface area contributed by atoms with Crippen molar-refractivity contribution in [3.8, 4) is 0 Å². The molecule has 20 heavy (non-hydrogen) atoms. The summed E-state index contributed by atoms with van der Waals surface area (Å²) < 4.78 is 1.11. The Hall–Kier alpha value is -0.0500. The van der Waals surface area contributed by atoms with Crippen molar-refractivity contribution in [2.45, 2.75) is 44.7 Å². The summed E-state index contributed by atoms with van der Waals surface area (Å²) in [5, 5.41) is 4.68. The van der Waals surface area contributed by atoms with Gasteiger partial charge in [0.1, 0.15) is 0 Å². The Morgan fingerprint density at radius 2 is 2.00 bits per heavy atom. The van der Waals surface area contributed by atoms with Gasteiger partial charge in [-0.2, -0.15) is 0 Å². The number of hydrogen-bond donors (Lipinski definition) is 1. The molecule has 5 atom stereocenters. The predicted octanol–water partition coefficient (Wildman–Crippen LogP) is 5.02. The minimum Gasteiger partial charge on any atom is -0.310 e. The van der Waals surface area contributed by atoms with Crippen LogP contribution < -0.4 is 5.32 Å². The van der Waals surface area contributed by atoms with E-state index in [-0.39, 0.29) is 0 Å². The second-order valence-electron chi connectivity index (χ2n) is 6.88. The molecule has 1 N–H and O–H groups in total. The molecule has 0 aromatic heterocycles. The van der Waals surface area contributed by atoms with Gasteiger partial charge in [-0.15, -0.1) is 0 Å². The van der Waals surface area contributed by atoms with E-state index in [1.807, 2.05) is 12.1 Å². The number of rotatable bonds is 3. The van der Waals surface area contributed by atoms with E-state index in [0.717, 1.165) is 45.8 Å². The minimum atomic E-state index is 0.731. The van der Waals surface area contributed by atoms with Gasteiger partial charge in [0.05, 0.1) is 0 Å². The monoisotopic (exact) mass is 353 g/mol. The van der Waals surface area contributed by atoms with Gasteiger partial charge in [0, 0.05) is 22.1 Å². The predicted molar refractivity (Wildman–Crippen MR) is 86.8 cm³/mol. The lowest BCUT2D eigenvalue weighted by molar-refractivity contribution is 0.208. The van der Waals surface area contributed by atoms with E-state index in [0.29, 0.717) is 0 Å². The van der Waals surface area contributed by atoms with Crippen LogP contribution in [0.3, 0.4) is 0 Å². The van der Waals surface area contributed by atoms with Crippen LogP contribution in [0.2, 0.25) is 5.02 Å². The smallest absolute Gasteiger partial charge is 0.0451 e. The Labute approximate surface area is 134 Å². The van der Waals surface area contributed by atoms with Gasteiger partial charge in [0.25, 0.3) is 0 Å². The summed E-state index contributed by atoms with van der Waals surface area (Å²) in [6.45, 7) is 0.906. The SMILES string of the molecule is Clc1ccc(Br)cc1CNC1CC2CC1C1CCCC21. The number of halogens is 2. The summed E-state index contributed by atoms with van der Waals surface area (Å²) in [4.78, 5) is 0. The van der Waals surface area contributed by atoms with Crippen LogP contribution in [-0.4, -0.2) is 6.04 Å². The fraction of sp³-hybridized carbons (Fsp3) is 0.647. The second-order valence-corrected chi connectivity index (χ2v) is 8.20. The maximum Gasteiger partial charge on any atom is 0.0451 e. The second kappa shape index (κ2) is 5.30. The molecular formula is C17H21BrClN. The quantitative estimate of drug-likeness (QED) is 0.804. The van der Waals surface area contributed by atoms with E-state index < -0.39 is 0 Å². The Morgan fingerprint density at radius 3 is 2.90 bits per heavy atom. The molecule has 1 nitrogen and oxygen atoms in total. The topological polar surface area (TPSA) is 12.0 Å². The molecule has 4 rings (SSSR count). The van der Waals surface area contributed by atoms with Crippen molar-refractivity contribution in [2.24, 2.45) is 23.7 Å². The molecular weight excluding hydrogens is 334 g/mol. The van der Waals surface area contributed by atoms with Gasteiger partial charge in [-0.1, -0.05) is 34.0 Å². The first-order chi connectivity index (χ1) is 9.72. The third-order valence-corrected chi connectivity index (χ3v) is 6.85. The Morgan fingerprint density at radius 1 is 1.15 bits per heavy atom. The van der Waals surface area contributed by atoms with E-state index in [4.69, 9.17) is 11.6 Å². The highest BCUT2D eigenvalue weighted by molar-refractivity contribution is 9.10. The normalized spacial score (nSPS) is 38.4. The number of hydrogen-bond acceptors (Lipinski definition) is 1. The van der Waals surface area contributed by atoms with Crippen LogP contribution in [0.4, 0.5) is 0 Å². The van der Waals surface area contributed by atoms with Gasteiger partial charge < -0.3 is 5.32 Å². The molecule has 3 aliphatic rings. The zero-order valence-corrected chi connectivity index (χ0v) is 14.0. The number of benzene rings is 1. The largest absolute Gasteiger partial charge is 0.310 e. The molecule has 0 radical (unpaired) electrons. The van der Waals surface area contributed by atoms with Gasteiger partial charge in [-0.05, 0) is 73.1 Å². The standard InChI is InChI=1S/C17H21BrClN/c18-12-4-5-16(19)11(6-12)9-20-17-8-10-7-15(17)14-3-1-2-13(10)14/h4-6,10,13-15,17,20H,1-3,7-9H2. The minimum absolute atomic E-state index is 0.731. The third-order valence-electron chi connectivity index (χ3n) is 5.99. The van der Waals surface area contributed by atoms with E-state index in [1.165, 1.54) is 37.7 Å². The molecule has 0 amide bonds. The van der Waals surface area contributed by atoms with Crippen LogP contribution in [0.5, 0.6) is 0 Å². The lowest BCUT2D eigenvalue weighted by Crippen LogP contribution is -2.38. The molecule has 3 heteroatoms. The van der Waals surface area contributed by atoms with E-state index in [2.05, 4.69) is 27.3 Å². The Balaban J connectivity index is 1.42. The van der Waals surface area contributed by atoms with Gasteiger partial charge in [0.15, 0.2) is 0 Å². The van der Waals surface area contributed by atoms with Gasteiger partial charge in [-0.25, -0.2) is 0 Å². The first-order valence-corrected chi connectivity index (χ1v) is 9.07. The molecule has 0 aliphatic heterocycles. The van der Waals surface area contributed by atoms with Crippen molar-refractivity contribution in [3.63, 3.8) is 0 Å². The van der Waals surface area contributed by atoms with Crippen molar-refractivity contribution in [2.75, 3.05) is 0 Å². The highest BCUT2D eigenvalue weighted by atomic mass is 79.9. The fourth-order valence-corrected chi connectivity index (χ4v) is 5.82. The van der Waals surface area contributed by atoms with Crippen LogP contribution in [0, 0.1) is 23.7 Å². The maximum atomic E-state index is 6.29. The molecule has 0 spiro atoms. The van der Waals surface area contributed by atoms with Crippen LogP contribution in [0.15, 0.2) is 22.7 Å². The molecule has 3 saturated carbocycles. The van der Waals surface area contributed by atoms with Crippen molar-refractivity contribution in [1.29, 1.82) is 0 Å². The number of nitrogens with one attached hydrogen (secondary N) is 1. The summed E-state index contributed by atoms with van der Waals surface area (Å²) in [6.07, 6.45) is 7.36. The van der Waals surface area contributed by atoms with Crippen molar-refractivity contribution >= 4 is 27.5 Å². The average molecular weight is 355 g/mol. The first kappa shape index (κ1) is 13.6.